The van der Waals surface area contributed by atoms with E-state index in [4.69, 9.17) is 0 Å². The fourth-order valence-electron chi connectivity index (χ4n) is 3.26. The molecule has 0 atom stereocenters. The van der Waals surface area contributed by atoms with Crippen LogP contribution in [-0.2, 0) is 13.0 Å². The molecule has 3 nitrogen and oxygen atoms in total. The molecule has 1 aliphatic rings. The van der Waals surface area contributed by atoms with Crippen LogP contribution in [0.1, 0.15) is 38.3 Å². The Hall–Kier alpha value is -1.17. The molecule has 1 aromatic carbocycles. The van der Waals surface area contributed by atoms with E-state index in [2.05, 4.69) is 66.0 Å². The first kappa shape index (κ1) is 18.6. The lowest BCUT2D eigenvalue weighted by molar-refractivity contribution is 0.0772. The molecule has 0 saturated heterocycles. The Morgan fingerprint density at radius 3 is 2.68 bits per heavy atom. The largest absolute Gasteiger partial charge is 0.334 e. The number of likely N-dealkylation sites (N-methyl/N-ethyl adjacent to an activating group) is 1. The molecule has 0 unspecified atom stereocenters. The van der Waals surface area contributed by atoms with Crippen LogP contribution in [-0.4, -0.2) is 42.4 Å². The van der Waals surface area contributed by atoms with Gasteiger partial charge in [0, 0.05) is 30.1 Å². The van der Waals surface area contributed by atoms with E-state index >= 15 is 0 Å². The predicted octanol–water partition coefficient (Wildman–Crippen LogP) is 4.65. The van der Waals surface area contributed by atoms with Gasteiger partial charge in [-0.1, -0.05) is 6.07 Å². The molecule has 3 rings (SSSR count). The minimum Gasteiger partial charge on any atom is -0.334 e. The summed E-state index contributed by atoms with van der Waals surface area (Å²) in [4.78, 5) is 18.3. The van der Waals surface area contributed by atoms with Gasteiger partial charge in [0.15, 0.2) is 0 Å². The van der Waals surface area contributed by atoms with Gasteiger partial charge in [0.2, 0.25) is 0 Å². The number of fused-ring (bicyclic) bond motifs is 1. The lowest BCUT2D eigenvalue weighted by Crippen LogP contribution is -2.29. The number of nitrogens with zero attached hydrogens (tertiary/aromatic N) is 2. The molecule has 2 heterocycles. The highest BCUT2D eigenvalue weighted by Gasteiger charge is 2.27. The Kier molecular flexibility index (Phi) is 5.97. The summed E-state index contributed by atoms with van der Waals surface area (Å²) in [6, 6.07) is 8.53. The van der Waals surface area contributed by atoms with Crippen LogP contribution in [0, 0.1) is 13.8 Å². The van der Waals surface area contributed by atoms with Gasteiger partial charge in [-0.2, -0.15) is 0 Å². The monoisotopic (exact) mass is 420 g/mol. The molecular weight excluding hydrogens is 396 g/mol. The van der Waals surface area contributed by atoms with Gasteiger partial charge in [0.25, 0.3) is 5.91 Å². The molecular formula is C20H25BrN2OS. The van der Waals surface area contributed by atoms with Crippen LogP contribution >= 0.6 is 27.3 Å². The van der Waals surface area contributed by atoms with Gasteiger partial charge in [-0.15, -0.1) is 11.3 Å². The molecule has 0 aliphatic carbocycles. The second kappa shape index (κ2) is 8.02. The summed E-state index contributed by atoms with van der Waals surface area (Å²) in [6.07, 6.45) is 2.10. The molecule has 2 aromatic rings. The number of aryl methyl sites for hydroxylation is 2. The van der Waals surface area contributed by atoms with E-state index in [1.54, 1.807) is 11.3 Å². The van der Waals surface area contributed by atoms with Crippen LogP contribution < -0.4 is 0 Å². The highest BCUT2D eigenvalue weighted by atomic mass is 79.9. The summed E-state index contributed by atoms with van der Waals surface area (Å²) in [5.41, 5.74) is 4.56. The SMILES string of the molecule is Cc1cc2c(cc1C)C(=O)N(CCCN(C)CCc1ccc(Br)s1)C2. The summed E-state index contributed by atoms with van der Waals surface area (Å²) in [5.74, 6) is 0.198. The molecule has 0 spiro atoms. The lowest BCUT2D eigenvalue weighted by Gasteiger charge is -2.19. The minimum atomic E-state index is 0.198. The zero-order chi connectivity index (χ0) is 18.0. The molecule has 1 aliphatic heterocycles. The normalized spacial score (nSPS) is 13.8. The predicted molar refractivity (Wildman–Crippen MR) is 108 cm³/mol. The van der Waals surface area contributed by atoms with E-state index in [1.807, 2.05) is 4.90 Å². The van der Waals surface area contributed by atoms with Crippen molar-refractivity contribution in [2.45, 2.75) is 33.2 Å². The highest BCUT2D eigenvalue weighted by Crippen LogP contribution is 2.26. The van der Waals surface area contributed by atoms with Gasteiger partial charge in [-0.25, -0.2) is 0 Å². The van der Waals surface area contributed by atoms with Crippen molar-refractivity contribution in [2.24, 2.45) is 0 Å². The van der Waals surface area contributed by atoms with Crippen molar-refractivity contribution in [3.05, 3.63) is 55.2 Å². The Morgan fingerprint density at radius 2 is 1.96 bits per heavy atom. The first-order valence-electron chi connectivity index (χ1n) is 8.76. The van der Waals surface area contributed by atoms with Crippen molar-refractivity contribution in [3.63, 3.8) is 0 Å². The highest BCUT2D eigenvalue weighted by molar-refractivity contribution is 9.11. The van der Waals surface area contributed by atoms with E-state index in [0.717, 1.165) is 44.6 Å². The fourth-order valence-corrected chi connectivity index (χ4v) is 4.74. The molecule has 0 fully saturated rings. The van der Waals surface area contributed by atoms with Crippen molar-refractivity contribution in [3.8, 4) is 0 Å². The number of hydrogen-bond acceptors (Lipinski definition) is 3. The number of rotatable bonds is 7. The zero-order valence-corrected chi connectivity index (χ0v) is 17.5. The summed E-state index contributed by atoms with van der Waals surface area (Å²) in [5, 5.41) is 0. The maximum absolute atomic E-state index is 12.6. The summed E-state index contributed by atoms with van der Waals surface area (Å²) < 4.78 is 1.20. The smallest absolute Gasteiger partial charge is 0.254 e. The third-order valence-electron chi connectivity index (χ3n) is 4.94. The molecule has 0 saturated carbocycles. The van der Waals surface area contributed by atoms with Crippen LogP contribution in [0.3, 0.4) is 0 Å². The first-order valence-corrected chi connectivity index (χ1v) is 10.4. The van der Waals surface area contributed by atoms with E-state index in [-0.39, 0.29) is 5.91 Å². The summed E-state index contributed by atoms with van der Waals surface area (Å²) in [6.45, 7) is 7.86. The quantitative estimate of drug-likeness (QED) is 0.650. The Bertz CT molecular complexity index is 771. The zero-order valence-electron chi connectivity index (χ0n) is 15.1. The number of hydrogen-bond donors (Lipinski definition) is 0. The van der Waals surface area contributed by atoms with E-state index in [1.165, 1.54) is 25.4 Å². The summed E-state index contributed by atoms with van der Waals surface area (Å²) in [7, 11) is 2.16. The van der Waals surface area contributed by atoms with Crippen LogP contribution in [0.15, 0.2) is 28.1 Å². The molecule has 0 radical (unpaired) electrons. The Balaban J connectivity index is 1.44. The van der Waals surface area contributed by atoms with Crippen molar-refractivity contribution in [2.75, 3.05) is 26.7 Å². The minimum absolute atomic E-state index is 0.198. The van der Waals surface area contributed by atoms with Gasteiger partial charge in [0.1, 0.15) is 0 Å². The second-order valence-corrected chi connectivity index (χ2v) is 9.48. The average molecular weight is 421 g/mol. The fraction of sp³-hybridized carbons (Fsp3) is 0.450. The van der Waals surface area contributed by atoms with Crippen LogP contribution in [0.2, 0.25) is 0 Å². The number of amides is 1. The standard InChI is InChI=1S/C20H25BrN2OS/c1-14-11-16-13-23(20(24)18(16)12-15(14)2)9-4-8-22(3)10-7-17-5-6-19(21)25-17/h5-6,11-12H,4,7-10,13H2,1-3H3. The molecule has 1 aromatic heterocycles. The molecule has 1 amide bonds. The number of thiophene rings is 1. The maximum Gasteiger partial charge on any atom is 0.254 e. The Morgan fingerprint density at radius 1 is 1.20 bits per heavy atom. The van der Waals surface area contributed by atoms with E-state index in [9.17, 15) is 4.79 Å². The maximum atomic E-state index is 12.6. The second-order valence-electron chi connectivity index (χ2n) is 6.93. The molecule has 0 bridgehead atoms. The average Bonchev–Trinajstić information content (AvgIpc) is 3.11. The lowest BCUT2D eigenvalue weighted by atomic mass is 10.0. The topological polar surface area (TPSA) is 23.6 Å². The van der Waals surface area contributed by atoms with Gasteiger partial charge < -0.3 is 9.80 Å². The number of halogens is 1. The molecule has 25 heavy (non-hydrogen) atoms. The van der Waals surface area contributed by atoms with Crippen LogP contribution in [0.25, 0.3) is 0 Å². The molecule has 5 heteroatoms. The number of benzene rings is 1. The van der Waals surface area contributed by atoms with Crippen LogP contribution in [0.4, 0.5) is 0 Å². The first-order chi connectivity index (χ1) is 11.9. The summed E-state index contributed by atoms with van der Waals surface area (Å²) >= 11 is 5.32. The van der Waals surface area contributed by atoms with Crippen LogP contribution in [0.5, 0.6) is 0 Å². The number of carbonyl (C=O) groups excluding carboxylic acids is 1. The third-order valence-corrected chi connectivity index (χ3v) is 6.62. The van der Waals surface area contributed by atoms with Crippen molar-refractivity contribution >= 4 is 33.2 Å². The van der Waals surface area contributed by atoms with Gasteiger partial charge in [-0.3, -0.25) is 4.79 Å². The van der Waals surface area contributed by atoms with Gasteiger partial charge in [0.05, 0.1) is 3.79 Å². The van der Waals surface area contributed by atoms with E-state index in [0.29, 0.717) is 0 Å². The number of carbonyl (C=O) groups is 1. The van der Waals surface area contributed by atoms with Gasteiger partial charge >= 0.3 is 0 Å². The molecule has 0 N–H and O–H groups in total. The molecule has 134 valence electrons. The van der Waals surface area contributed by atoms with Gasteiger partial charge in [-0.05, 0) is 91.1 Å². The Labute approximate surface area is 162 Å². The van der Waals surface area contributed by atoms with Crippen molar-refractivity contribution < 1.29 is 4.79 Å². The van der Waals surface area contributed by atoms with Crippen molar-refractivity contribution in [1.29, 1.82) is 0 Å². The van der Waals surface area contributed by atoms with Crippen molar-refractivity contribution in [1.82, 2.24) is 9.80 Å². The van der Waals surface area contributed by atoms with E-state index < -0.39 is 0 Å². The third kappa shape index (κ3) is 4.52.